The van der Waals surface area contributed by atoms with E-state index >= 15 is 0 Å². The van der Waals surface area contributed by atoms with Gasteiger partial charge in [-0.25, -0.2) is 0 Å². The van der Waals surface area contributed by atoms with Crippen molar-refractivity contribution in [2.75, 3.05) is 26.3 Å². The Morgan fingerprint density at radius 3 is 2.79 bits per heavy atom. The topological polar surface area (TPSA) is 32.7 Å². The highest BCUT2D eigenvalue weighted by atomic mass is 16.5. The molecular formula is C11H21NO2. The Morgan fingerprint density at radius 1 is 1.43 bits per heavy atom. The molecule has 0 aromatic heterocycles. The molecule has 1 aliphatic carbocycles. The van der Waals surface area contributed by atoms with E-state index in [0.717, 1.165) is 39.1 Å². The Morgan fingerprint density at radius 2 is 2.14 bits per heavy atom. The van der Waals surface area contributed by atoms with Gasteiger partial charge in [-0.3, -0.25) is 4.90 Å². The van der Waals surface area contributed by atoms with Crippen LogP contribution in [0.4, 0.5) is 0 Å². The molecule has 2 aliphatic rings. The van der Waals surface area contributed by atoms with Crippen molar-refractivity contribution >= 4 is 0 Å². The van der Waals surface area contributed by atoms with Crippen LogP contribution in [0.3, 0.4) is 0 Å². The normalized spacial score (nSPS) is 40.3. The molecule has 0 amide bonds. The second-order valence-electron chi connectivity index (χ2n) is 4.48. The van der Waals surface area contributed by atoms with Crippen molar-refractivity contribution in [1.29, 1.82) is 0 Å². The molecule has 0 spiro atoms. The summed E-state index contributed by atoms with van der Waals surface area (Å²) in [7, 11) is 0. The van der Waals surface area contributed by atoms with Gasteiger partial charge in [-0.2, -0.15) is 0 Å². The molecule has 2 rings (SSSR count). The van der Waals surface area contributed by atoms with Crippen LogP contribution in [0.5, 0.6) is 0 Å². The van der Waals surface area contributed by atoms with Gasteiger partial charge in [-0.1, -0.05) is 6.92 Å². The highest BCUT2D eigenvalue weighted by Gasteiger charge is 2.44. The number of ether oxygens (including phenoxy) is 1. The average molecular weight is 199 g/mol. The summed E-state index contributed by atoms with van der Waals surface area (Å²) in [5, 5.41) is 10.6. The number of hydrogen-bond acceptors (Lipinski definition) is 3. The van der Waals surface area contributed by atoms with E-state index in [4.69, 9.17) is 4.74 Å². The third-order valence-corrected chi connectivity index (χ3v) is 3.80. The highest BCUT2D eigenvalue weighted by molar-refractivity contribution is 4.92. The first kappa shape index (κ1) is 10.4. The lowest BCUT2D eigenvalue weighted by Crippen LogP contribution is -2.55. The number of nitrogens with zero attached hydrogens (tertiary/aromatic N) is 1. The molecule has 0 aromatic rings. The molecule has 0 radical (unpaired) electrons. The zero-order chi connectivity index (χ0) is 10.0. The summed E-state index contributed by atoms with van der Waals surface area (Å²) in [5.41, 5.74) is -0.515. The maximum absolute atomic E-state index is 10.6. The van der Waals surface area contributed by atoms with E-state index in [1.54, 1.807) is 0 Å². The third kappa shape index (κ3) is 1.69. The molecule has 2 unspecified atom stereocenters. The molecule has 1 saturated heterocycles. The zero-order valence-electron chi connectivity index (χ0n) is 9.04. The van der Waals surface area contributed by atoms with Crippen LogP contribution in [-0.4, -0.2) is 42.0 Å². The Hall–Kier alpha value is -0.120. The Balaban J connectivity index is 2.04. The van der Waals surface area contributed by atoms with Crippen LogP contribution >= 0.6 is 0 Å². The molecule has 0 bridgehead atoms. The lowest BCUT2D eigenvalue weighted by atomic mass is 9.94. The summed E-state index contributed by atoms with van der Waals surface area (Å²) in [6.07, 6.45) is 4.40. The largest absolute Gasteiger partial charge is 0.379 e. The Labute approximate surface area is 86.0 Å². The summed E-state index contributed by atoms with van der Waals surface area (Å²) < 4.78 is 5.32. The SMILES string of the molecule is CCC1CCCC1(O)N1CCOCC1. The summed E-state index contributed by atoms with van der Waals surface area (Å²) >= 11 is 0. The van der Waals surface area contributed by atoms with Crippen LogP contribution in [0.1, 0.15) is 32.6 Å². The van der Waals surface area contributed by atoms with E-state index in [1.165, 1.54) is 12.8 Å². The molecule has 1 aliphatic heterocycles. The van der Waals surface area contributed by atoms with Crippen LogP contribution in [0.2, 0.25) is 0 Å². The van der Waals surface area contributed by atoms with Crippen molar-refractivity contribution in [3.63, 3.8) is 0 Å². The Bertz CT molecular complexity index is 192. The van der Waals surface area contributed by atoms with Crippen molar-refractivity contribution in [2.24, 2.45) is 5.92 Å². The number of rotatable bonds is 2. The van der Waals surface area contributed by atoms with Gasteiger partial charge < -0.3 is 9.84 Å². The molecule has 1 saturated carbocycles. The van der Waals surface area contributed by atoms with E-state index < -0.39 is 5.72 Å². The van der Waals surface area contributed by atoms with E-state index in [9.17, 15) is 5.11 Å². The maximum Gasteiger partial charge on any atom is 0.121 e. The lowest BCUT2D eigenvalue weighted by Gasteiger charge is -2.42. The molecule has 1 N–H and O–H groups in total. The number of aliphatic hydroxyl groups is 1. The van der Waals surface area contributed by atoms with Gasteiger partial charge in [0.05, 0.1) is 13.2 Å². The second kappa shape index (κ2) is 4.17. The highest BCUT2D eigenvalue weighted by Crippen LogP contribution is 2.40. The average Bonchev–Trinajstić information content (AvgIpc) is 2.62. The number of morpholine rings is 1. The minimum atomic E-state index is -0.515. The van der Waals surface area contributed by atoms with E-state index in [1.807, 2.05) is 0 Å². The fraction of sp³-hybridized carbons (Fsp3) is 1.00. The summed E-state index contributed by atoms with van der Waals surface area (Å²) in [4.78, 5) is 2.23. The molecule has 3 nitrogen and oxygen atoms in total. The molecule has 0 aromatic carbocycles. The first-order valence-corrected chi connectivity index (χ1v) is 5.82. The van der Waals surface area contributed by atoms with E-state index in [0.29, 0.717) is 5.92 Å². The summed E-state index contributed by atoms with van der Waals surface area (Å²) in [6, 6.07) is 0. The number of hydrogen-bond donors (Lipinski definition) is 1. The second-order valence-corrected chi connectivity index (χ2v) is 4.48. The lowest BCUT2D eigenvalue weighted by molar-refractivity contribution is -0.162. The molecule has 14 heavy (non-hydrogen) atoms. The maximum atomic E-state index is 10.6. The van der Waals surface area contributed by atoms with Gasteiger partial charge in [-0.05, 0) is 25.7 Å². The standard InChI is InChI=1S/C11H21NO2/c1-2-10-4-3-5-11(10,13)12-6-8-14-9-7-12/h10,13H,2-9H2,1H3. The first-order chi connectivity index (χ1) is 6.77. The molecule has 3 heteroatoms. The van der Waals surface area contributed by atoms with Gasteiger partial charge in [0, 0.05) is 19.0 Å². The van der Waals surface area contributed by atoms with Crippen molar-refractivity contribution in [3.8, 4) is 0 Å². The summed E-state index contributed by atoms with van der Waals surface area (Å²) in [5.74, 6) is 0.473. The van der Waals surface area contributed by atoms with Gasteiger partial charge >= 0.3 is 0 Å². The van der Waals surface area contributed by atoms with Crippen LogP contribution < -0.4 is 0 Å². The fourth-order valence-corrected chi connectivity index (χ4v) is 2.94. The molecule has 1 heterocycles. The van der Waals surface area contributed by atoms with Crippen LogP contribution in [0.15, 0.2) is 0 Å². The summed E-state index contributed by atoms with van der Waals surface area (Å²) in [6.45, 7) is 5.53. The van der Waals surface area contributed by atoms with Crippen molar-refractivity contribution < 1.29 is 9.84 Å². The van der Waals surface area contributed by atoms with Crippen LogP contribution in [0, 0.1) is 5.92 Å². The monoisotopic (exact) mass is 199 g/mol. The van der Waals surface area contributed by atoms with Gasteiger partial charge in [-0.15, -0.1) is 0 Å². The van der Waals surface area contributed by atoms with Crippen molar-refractivity contribution in [2.45, 2.75) is 38.3 Å². The van der Waals surface area contributed by atoms with Gasteiger partial charge in [0.25, 0.3) is 0 Å². The molecule has 2 atom stereocenters. The zero-order valence-corrected chi connectivity index (χ0v) is 9.04. The van der Waals surface area contributed by atoms with Crippen LogP contribution in [0.25, 0.3) is 0 Å². The molecule has 82 valence electrons. The van der Waals surface area contributed by atoms with Gasteiger partial charge in [0.2, 0.25) is 0 Å². The van der Waals surface area contributed by atoms with Crippen LogP contribution in [-0.2, 0) is 4.74 Å². The van der Waals surface area contributed by atoms with Gasteiger partial charge in [0.15, 0.2) is 0 Å². The van der Waals surface area contributed by atoms with E-state index in [2.05, 4.69) is 11.8 Å². The van der Waals surface area contributed by atoms with Crippen molar-refractivity contribution in [3.05, 3.63) is 0 Å². The van der Waals surface area contributed by atoms with Gasteiger partial charge in [0.1, 0.15) is 5.72 Å². The fourth-order valence-electron chi connectivity index (χ4n) is 2.94. The van der Waals surface area contributed by atoms with Crippen molar-refractivity contribution in [1.82, 2.24) is 4.90 Å². The molecule has 2 fully saturated rings. The predicted octanol–water partition coefficient (Wildman–Crippen LogP) is 1.22. The minimum absolute atomic E-state index is 0.473. The third-order valence-electron chi connectivity index (χ3n) is 3.80. The van der Waals surface area contributed by atoms with E-state index in [-0.39, 0.29) is 0 Å². The smallest absolute Gasteiger partial charge is 0.121 e. The molecular weight excluding hydrogens is 178 g/mol. The predicted molar refractivity (Wildman–Crippen MR) is 55.0 cm³/mol. The quantitative estimate of drug-likeness (QED) is 0.725. The first-order valence-electron chi connectivity index (χ1n) is 5.82. The Kier molecular flexibility index (Phi) is 3.10. The minimum Gasteiger partial charge on any atom is -0.379 e.